The van der Waals surface area contributed by atoms with Crippen LogP contribution in [0.2, 0.25) is 0 Å². The first-order valence-corrected chi connectivity index (χ1v) is 15.3. The third-order valence-electron chi connectivity index (χ3n) is 7.78. The first-order valence-electron chi connectivity index (χ1n) is 15.3. The molecule has 2 N–H and O–H groups in total. The minimum absolute atomic E-state index is 0.0244. The molecule has 0 unspecified atom stereocenters. The van der Waals surface area contributed by atoms with Crippen molar-refractivity contribution >= 4 is 28.6 Å². The van der Waals surface area contributed by atoms with E-state index in [9.17, 15) is 18.0 Å². The van der Waals surface area contributed by atoms with Gasteiger partial charge in [0.05, 0.1) is 47.1 Å². The third-order valence-corrected chi connectivity index (χ3v) is 7.78. The van der Waals surface area contributed by atoms with Crippen LogP contribution in [0.4, 0.5) is 34.6 Å². The normalized spacial score (nSPS) is 13.8. The molecule has 1 amide bonds. The molecule has 48 heavy (non-hydrogen) atoms. The number of aromatic nitrogens is 4. The van der Waals surface area contributed by atoms with E-state index in [0.717, 1.165) is 23.5 Å². The topological polar surface area (TPSA) is 88.7 Å². The van der Waals surface area contributed by atoms with Gasteiger partial charge in [-0.1, -0.05) is 5.92 Å². The van der Waals surface area contributed by atoms with Gasteiger partial charge in [-0.15, -0.1) is 0 Å². The zero-order chi connectivity index (χ0) is 34.2. The molecule has 5 aromatic rings. The summed E-state index contributed by atoms with van der Waals surface area (Å²) < 4.78 is 65.7. The van der Waals surface area contributed by atoms with Crippen molar-refractivity contribution in [2.75, 3.05) is 23.7 Å². The quantitative estimate of drug-likeness (QED) is 0.145. The first kappa shape index (κ1) is 32.7. The number of ether oxygens (including phenoxy) is 1. The maximum Gasteiger partial charge on any atom is 0.416 e. The molecule has 248 valence electrons. The van der Waals surface area contributed by atoms with Crippen molar-refractivity contribution < 1.29 is 27.1 Å². The summed E-state index contributed by atoms with van der Waals surface area (Å²) in [5, 5.41) is 9.90. The predicted octanol–water partition coefficient (Wildman–Crippen LogP) is 6.54. The molecule has 9 nitrogen and oxygen atoms in total. The Balaban J connectivity index is 1.22. The van der Waals surface area contributed by atoms with E-state index in [1.165, 1.54) is 18.2 Å². The average molecular weight is 660 g/mol. The molecule has 0 saturated carbocycles. The van der Waals surface area contributed by atoms with Crippen LogP contribution in [0.3, 0.4) is 0 Å². The van der Waals surface area contributed by atoms with Gasteiger partial charge in [0.15, 0.2) is 5.65 Å². The number of hydrogen-bond donors (Lipinski definition) is 2. The molecule has 6 rings (SSSR count). The Bertz CT molecular complexity index is 2050. The second-order valence-electron chi connectivity index (χ2n) is 12.1. The van der Waals surface area contributed by atoms with Gasteiger partial charge in [0, 0.05) is 50.3 Å². The highest BCUT2D eigenvalue weighted by atomic mass is 19.4. The van der Waals surface area contributed by atoms with Crippen molar-refractivity contribution in [1.29, 1.82) is 0 Å². The van der Waals surface area contributed by atoms with Crippen molar-refractivity contribution in [3.05, 3.63) is 107 Å². The molecule has 1 aliphatic heterocycles. The van der Waals surface area contributed by atoms with Crippen LogP contribution in [-0.4, -0.2) is 55.3 Å². The highest BCUT2D eigenvalue weighted by molar-refractivity contribution is 6.04. The van der Waals surface area contributed by atoms with Gasteiger partial charge in [-0.25, -0.2) is 9.37 Å². The minimum Gasteiger partial charge on any atom is -0.373 e. The van der Waals surface area contributed by atoms with E-state index in [0.29, 0.717) is 41.1 Å². The number of pyridine rings is 1. The lowest BCUT2D eigenvalue weighted by atomic mass is 10.0. The number of likely N-dealkylation sites (tertiary alicyclic amines) is 1. The smallest absolute Gasteiger partial charge is 0.373 e. The number of carbonyl (C=O) groups excluding carboxylic acids is 1. The molecule has 0 aliphatic carbocycles. The summed E-state index contributed by atoms with van der Waals surface area (Å²) in [6.45, 7) is 6.94. The standard InChI is InChI=1S/C35H33F4N7O2/c1-21(2)48-29-19-45(20-29)17-23-11-25(35(37,38)39)14-26(12-23)43-34(47)30-13-24(22(3)10-31(30)36)7-8-28-16-40-33-32(6-5-9-46(28)33)42-27-15-41-44(4)18-27/h5-6,9-16,18,21,29,42H,17,19-20H2,1-4H3,(H,43,47). The Kier molecular flexibility index (Phi) is 8.96. The van der Waals surface area contributed by atoms with Gasteiger partial charge in [-0.3, -0.25) is 18.8 Å². The van der Waals surface area contributed by atoms with Crippen LogP contribution in [0.15, 0.2) is 67.3 Å². The maximum absolute atomic E-state index is 15.1. The van der Waals surface area contributed by atoms with Crippen LogP contribution in [0.25, 0.3) is 5.65 Å². The van der Waals surface area contributed by atoms with E-state index in [2.05, 4.69) is 32.6 Å². The second kappa shape index (κ2) is 13.1. The zero-order valence-corrected chi connectivity index (χ0v) is 26.7. The van der Waals surface area contributed by atoms with Gasteiger partial charge in [0.2, 0.25) is 0 Å². The van der Waals surface area contributed by atoms with Crippen molar-refractivity contribution in [2.45, 2.75) is 45.7 Å². The molecule has 13 heteroatoms. The van der Waals surface area contributed by atoms with Gasteiger partial charge in [-0.05, 0) is 80.3 Å². The number of benzene rings is 2. The van der Waals surface area contributed by atoms with Crippen molar-refractivity contribution in [2.24, 2.45) is 7.05 Å². The lowest BCUT2D eigenvalue weighted by molar-refractivity contribution is -0.137. The van der Waals surface area contributed by atoms with E-state index in [1.54, 1.807) is 34.6 Å². The third kappa shape index (κ3) is 7.35. The van der Waals surface area contributed by atoms with E-state index in [4.69, 9.17) is 4.74 Å². The molecule has 1 saturated heterocycles. The maximum atomic E-state index is 15.1. The van der Waals surface area contributed by atoms with E-state index in [-0.39, 0.29) is 30.0 Å². The predicted molar refractivity (Wildman–Crippen MR) is 173 cm³/mol. The summed E-state index contributed by atoms with van der Waals surface area (Å²) >= 11 is 0. The van der Waals surface area contributed by atoms with Crippen molar-refractivity contribution in [3.63, 3.8) is 0 Å². The number of nitrogens with one attached hydrogen (secondary N) is 2. The molecule has 0 atom stereocenters. The average Bonchev–Trinajstić information content (AvgIpc) is 3.60. The number of amides is 1. The molecule has 3 aromatic heterocycles. The number of anilines is 3. The van der Waals surface area contributed by atoms with E-state index in [1.807, 2.05) is 44.1 Å². The summed E-state index contributed by atoms with van der Waals surface area (Å²) in [5.74, 6) is 4.33. The number of hydrogen-bond acceptors (Lipinski definition) is 6. The fourth-order valence-corrected chi connectivity index (χ4v) is 5.55. The number of halogens is 4. The zero-order valence-electron chi connectivity index (χ0n) is 26.7. The molecule has 0 radical (unpaired) electrons. The van der Waals surface area contributed by atoms with Gasteiger partial charge >= 0.3 is 6.18 Å². The van der Waals surface area contributed by atoms with E-state index < -0.39 is 23.5 Å². The Labute approximate surface area is 274 Å². The Morgan fingerprint density at radius 2 is 1.90 bits per heavy atom. The minimum atomic E-state index is -4.64. The van der Waals surface area contributed by atoms with Crippen LogP contribution >= 0.6 is 0 Å². The number of carbonyl (C=O) groups is 1. The fourth-order valence-electron chi connectivity index (χ4n) is 5.55. The lowest BCUT2D eigenvalue weighted by Gasteiger charge is -2.40. The Morgan fingerprint density at radius 3 is 2.60 bits per heavy atom. The van der Waals surface area contributed by atoms with Crippen LogP contribution in [0.5, 0.6) is 0 Å². The second-order valence-corrected chi connectivity index (χ2v) is 12.1. The van der Waals surface area contributed by atoms with Crippen LogP contribution in [0.1, 0.15) is 52.2 Å². The van der Waals surface area contributed by atoms with Crippen molar-refractivity contribution in [3.8, 4) is 11.8 Å². The summed E-state index contributed by atoms with van der Waals surface area (Å²) in [7, 11) is 1.82. The van der Waals surface area contributed by atoms with Gasteiger partial charge < -0.3 is 15.4 Å². The molecule has 0 bridgehead atoms. The largest absolute Gasteiger partial charge is 0.416 e. The highest BCUT2D eigenvalue weighted by Gasteiger charge is 2.33. The molecular weight excluding hydrogens is 626 g/mol. The molecule has 2 aromatic carbocycles. The summed E-state index contributed by atoms with van der Waals surface area (Å²) in [6.07, 6.45) is 2.37. The SMILES string of the molecule is Cc1cc(F)c(C(=O)Nc2cc(CN3CC(OC(C)C)C3)cc(C(F)(F)F)c2)cc1C#Cc1cnc2c(Nc3cnn(C)c3)cccn12. The number of fused-ring (bicyclic) bond motifs is 1. The van der Waals surface area contributed by atoms with E-state index >= 15 is 4.39 Å². The van der Waals surface area contributed by atoms with Crippen molar-refractivity contribution in [1.82, 2.24) is 24.1 Å². The fraction of sp³-hybridized carbons (Fsp3) is 0.286. The lowest BCUT2D eigenvalue weighted by Crippen LogP contribution is -2.52. The van der Waals surface area contributed by atoms with Gasteiger partial charge in [-0.2, -0.15) is 18.3 Å². The molecule has 4 heterocycles. The molecule has 0 spiro atoms. The monoisotopic (exact) mass is 659 g/mol. The van der Waals surface area contributed by atoms with Crippen LogP contribution in [0, 0.1) is 24.6 Å². The number of rotatable bonds is 8. The summed E-state index contributed by atoms with van der Waals surface area (Å²) in [6, 6.07) is 9.57. The number of nitrogens with zero attached hydrogens (tertiary/aromatic N) is 5. The Hall–Kier alpha value is -5.19. The summed E-state index contributed by atoms with van der Waals surface area (Å²) in [4.78, 5) is 19.7. The first-order chi connectivity index (χ1) is 22.8. The number of alkyl halides is 3. The summed E-state index contributed by atoms with van der Waals surface area (Å²) in [5.41, 5.74) is 2.59. The van der Waals surface area contributed by atoms with Crippen LogP contribution in [-0.2, 0) is 24.5 Å². The number of imidazole rings is 1. The Morgan fingerprint density at radius 1 is 1.10 bits per heavy atom. The molecular formula is C35H33F4N7O2. The highest BCUT2D eigenvalue weighted by Crippen LogP contribution is 2.33. The molecule has 1 aliphatic rings. The molecule has 1 fully saturated rings. The van der Waals surface area contributed by atoms with Gasteiger partial charge in [0.25, 0.3) is 5.91 Å². The van der Waals surface area contributed by atoms with Gasteiger partial charge in [0.1, 0.15) is 11.5 Å². The van der Waals surface area contributed by atoms with Crippen LogP contribution < -0.4 is 10.6 Å². The number of aryl methyl sites for hydroxylation is 2.